The highest BCUT2D eigenvalue weighted by Gasteiger charge is 2.31. The van der Waals surface area contributed by atoms with E-state index < -0.39 is 12.1 Å². The third kappa shape index (κ3) is 1.54. The number of carbonyl (C=O) groups is 1. The van der Waals surface area contributed by atoms with Crippen molar-refractivity contribution in [1.29, 1.82) is 0 Å². The third-order valence-electron chi connectivity index (χ3n) is 1.93. The number of aliphatic carboxylic acids is 1. The lowest BCUT2D eigenvalue weighted by molar-refractivity contribution is -0.143. The van der Waals surface area contributed by atoms with Gasteiger partial charge in [0.25, 0.3) is 6.17 Å². The fourth-order valence-electron chi connectivity index (χ4n) is 1.06. The molecule has 4 nitrogen and oxygen atoms in total. The molecule has 1 aliphatic carbocycles. The number of alkyl halides is 1. The van der Waals surface area contributed by atoms with Crippen LogP contribution in [0.1, 0.15) is 36.6 Å². The molecule has 1 saturated carbocycles. The average Bonchev–Trinajstić information content (AvgIpc) is 2.83. The van der Waals surface area contributed by atoms with Crippen molar-refractivity contribution in [2.45, 2.75) is 24.9 Å². The molecule has 2 rings (SSSR count). The first-order valence-corrected chi connectivity index (χ1v) is 4.01. The zero-order valence-corrected chi connectivity index (χ0v) is 6.74. The molecule has 70 valence electrons. The highest BCUT2D eigenvalue weighted by Crippen LogP contribution is 2.40. The maximum absolute atomic E-state index is 12.8. The molecule has 0 bridgehead atoms. The maximum atomic E-state index is 12.8. The van der Waals surface area contributed by atoms with Gasteiger partial charge in [-0.15, -0.1) is 0 Å². The number of halogens is 1. The van der Waals surface area contributed by atoms with Crippen molar-refractivity contribution in [3.63, 3.8) is 0 Å². The van der Waals surface area contributed by atoms with E-state index >= 15 is 0 Å². The van der Waals surface area contributed by atoms with Crippen molar-refractivity contribution in [1.82, 2.24) is 4.98 Å². The summed E-state index contributed by atoms with van der Waals surface area (Å²) in [6, 6.07) is 0. The van der Waals surface area contributed by atoms with Crippen LogP contribution < -0.4 is 0 Å². The number of carboxylic acids is 1. The van der Waals surface area contributed by atoms with Crippen LogP contribution in [0.5, 0.6) is 0 Å². The molecule has 5 heteroatoms. The summed E-state index contributed by atoms with van der Waals surface area (Å²) in [7, 11) is 0. The Bertz CT molecular complexity index is 332. The molecule has 1 aromatic rings. The van der Waals surface area contributed by atoms with Crippen LogP contribution in [0.2, 0.25) is 0 Å². The zero-order valence-electron chi connectivity index (χ0n) is 6.74. The topological polar surface area (TPSA) is 63.3 Å². The van der Waals surface area contributed by atoms with Gasteiger partial charge in [-0.1, -0.05) is 0 Å². The second-order valence-electron chi connectivity index (χ2n) is 3.08. The van der Waals surface area contributed by atoms with Crippen molar-refractivity contribution < 1.29 is 18.7 Å². The Hall–Kier alpha value is -1.39. The second-order valence-corrected chi connectivity index (χ2v) is 3.08. The quantitative estimate of drug-likeness (QED) is 0.777. The zero-order chi connectivity index (χ0) is 9.42. The molecule has 1 heterocycles. The molecule has 13 heavy (non-hydrogen) atoms. The lowest BCUT2D eigenvalue weighted by Crippen LogP contribution is -2.04. The SMILES string of the molecule is O=C(O)C(F)c1cnc(C2CC2)o1. The van der Waals surface area contributed by atoms with Gasteiger partial charge in [0.15, 0.2) is 11.7 Å². The Labute approximate surface area is 73.4 Å². The van der Waals surface area contributed by atoms with Gasteiger partial charge in [0.2, 0.25) is 0 Å². The number of aromatic nitrogens is 1. The summed E-state index contributed by atoms with van der Waals surface area (Å²) >= 11 is 0. The van der Waals surface area contributed by atoms with Gasteiger partial charge in [-0.3, -0.25) is 0 Å². The van der Waals surface area contributed by atoms with Gasteiger partial charge in [0, 0.05) is 5.92 Å². The summed E-state index contributed by atoms with van der Waals surface area (Å²) in [5.41, 5.74) is 0. The molecule has 1 aromatic heterocycles. The van der Waals surface area contributed by atoms with Crippen LogP contribution in [-0.4, -0.2) is 16.1 Å². The molecule has 1 aliphatic rings. The molecule has 0 amide bonds. The Morgan fingerprint density at radius 3 is 3.00 bits per heavy atom. The van der Waals surface area contributed by atoms with E-state index in [1.54, 1.807) is 0 Å². The lowest BCUT2D eigenvalue weighted by Gasteiger charge is -1.95. The Morgan fingerprint density at radius 1 is 1.77 bits per heavy atom. The molecule has 0 saturated heterocycles. The number of rotatable bonds is 3. The summed E-state index contributed by atoms with van der Waals surface area (Å²) in [5.74, 6) is -1.03. The summed E-state index contributed by atoms with van der Waals surface area (Å²) < 4.78 is 17.8. The lowest BCUT2D eigenvalue weighted by atomic mass is 10.3. The molecular formula is C8H8FNO3. The van der Waals surface area contributed by atoms with Crippen LogP contribution in [0.3, 0.4) is 0 Å². The van der Waals surface area contributed by atoms with Gasteiger partial charge in [0.1, 0.15) is 0 Å². The van der Waals surface area contributed by atoms with E-state index in [0.717, 1.165) is 19.0 Å². The highest BCUT2D eigenvalue weighted by molar-refractivity contribution is 5.73. The first kappa shape index (κ1) is 8.22. The molecule has 0 radical (unpaired) electrons. The average molecular weight is 185 g/mol. The van der Waals surface area contributed by atoms with Gasteiger partial charge in [-0.25, -0.2) is 14.2 Å². The number of hydrogen-bond acceptors (Lipinski definition) is 3. The molecule has 1 atom stereocenters. The van der Waals surface area contributed by atoms with E-state index in [1.807, 2.05) is 0 Å². The normalized spacial score (nSPS) is 18.5. The summed E-state index contributed by atoms with van der Waals surface area (Å²) in [6.07, 6.45) is 1.03. The van der Waals surface area contributed by atoms with Gasteiger partial charge >= 0.3 is 5.97 Å². The Kier molecular flexibility index (Phi) is 1.79. The molecule has 1 unspecified atom stereocenters. The van der Waals surface area contributed by atoms with E-state index in [1.165, 1.54) is 0 Å². The van der Waals surface area contributed by atoms with Crippen molar-refractivity contribution in [2.24, 2.45) is 0 Å². The third-order valence-corrected chi connectivity index (χ3v) is 1.93. The first-order chi connectivity index (χ1) is 6.18. The van der Waals surface area contributed by atoms with Gasteiger partial charge in [-0.2, -0.15) is 0 Å². The van der Waals surface area contributed by atoms with Crippen LogP contribution >= 0.6 is 0 Å². The fraction of sp³-hybridized carbons (Fsp3) is 0.500. The predicted molar refractivity (Wildman–Crippen MR) is 40.0 cm³/mol. The summed E-state index contributed by atoms with van der Waals surface area (Å²) in [4.78, 5) is 14.0. The molecule has 1 N–H and O–H groups in total. The minimum Gasteiger partial charge on any atom is -0.479 e. The minimum atomic E-state index is -2.10. The van der Waals surface area contributed by atoms with Crippen molar-refractivity contribution in [2.75, 3.05) is 0 Å². The van der Waals surface area contributed by atoms with Crippen LogP contribution in [0.25, 0.3) is 0 Å². The van der Waals surface area contributed by atoms with E-state index in [-0.39, 0.29) is 11.7 Å². The van der Waals surface area contributed by atoms with Gasteiger partial charge in [0.05, 0.1) is 6.20 Å². The van der Waals surface area contributed by atoms with E-state index in [2.05, 4.69) is 4.98 Å². The van der Waals surface area contributed by atoms with E-state index in [0.29, 0.717) is 5.89 Å². The van der Waals surface area contributed by atoms with E-state index in [4.69, 9.17) is 9.52 Å². The number of hydrogen-bond donors (Lipinski definition) is 1. The summed E-state index contributed by atoms with van der Waals surface area (Å²) in [6.45, 7) is 0. The Balaban J connectivity index is 2.16. The monoisotopic (exact) mass is 185 g/mol. The van der Waals surface area contributed by atoms with Crippen LogP contribution in [0, 0.1) is 0 Å². The molecule has 0 spiro atoms. The number of oxazole rings is 1. The minimum absolute atomic E-state index is 0.214. The second kappa shape index (κ2) is 2.83. The first-order valence-electron chi connectivity index (χ1n) is 4.01. The van der Waals surface area contributed by atoms with Crippen LogP contribution in [0.15, 0.2) is 10.6 Å². The van der Waals surface area contributed by atoms with Crippen LogP contribution in [0.4, 0.5) is 4.39 Å². The number of nitrogens with zero attached hydrogens (tertiary/aromatic N) is 1. The van der Waals surface area contributed by atoms with Gasteiger partial charge < -0.3 is 9.52 Å². The van der Waals surface area contributed by atoms with Crippen molar-refractivity contribution >= 4 is 5.97 Å². The molecular weight excluding hydrogens is 177 g/mol. The molecule has 1 fully saturated rings. The number of carboxylic acid groups (broad SMARTS) is 1. The smallest absolute Gasteiger partial charge is 0.346 e. The highest BCUT2D eigenvalue weighted by atomic mass is 19.1. The van der Waals surface area contributed by atoms with Crippen molar-refractivity contribution in [3.8, 4) is 0 Å². The summed E-state index contributed by atoms with van der Waals surface area (Å²) in [5, 5.41) is 8.34. The fourth-order valence-corrected chi connectivity index (χ4v) is 1.06. The van der Waals surface area contributed by atoms with Gasteiger partial charge in [-0.05, 0) is 12.8 Å². The van der Waals surface area contributed by atoms with Crippen LogP contribution in [-0.2, 0) is 4.79 Å². The Morgan fingerprint density at radius 2 is 2.46 bits per heavy atom. The maximum Gasteiger partial charge on any atom is 0.346 e. The predicted octanol–water partition coefficient (Wildman–Crippen LogP) is 1.65. The standard InChI is InChI=1S/C8H8FNO3/c9-6(8(11)12)5-3-10-7(13-5)4-1-2-4/h3-4,6H,1-2H2,(H,11,12). The van der Waals surface area contributed by atoms with Crippen molar-refractivity contribution in [3.05, 3.63) is 17.8 Å². The molecule has 0 aromatic carbocycles. The largest absolute Gasteiger partial charge is 0.479 e. The molecule has 0 aliphatic heterocycles. The van der Waals surface area contributed by atoms with E-state index in [9.17, 15) is 9.18 Å².